The van der Waals surface area contributed by atoms with Gasteiger partial charge in [-0.2, -0.15) is 0 Å². The van der Waals surface area contributed by atoms with Crippen molar-refractivity contribution in [2.75, 3.05) is 0 Å². The van der Waals surface area contributed by atoms with Crippen molar-refractivity contribution in [1.29, 1.82) is 0 Å². The molecule has 0 bridgehead atoms. The number of hydrogen-bond donors (Lipinski definition) is 1. The van der Waals surface area contributed by atoms with Gasteiger partial charge in [0.2, 0.25) is 10.0 Å². The van der Waals surface area contributed by atoms with Crippen LogP contribution >= 0.6 is 23.2 Å². The average molecular weight is 334 g/mol. The van der Waals surface area contributed by atoms with Crippen molar-refractivity contribution in [2.24, 2.45) is 0 Å². The summed E-state index contributed by atoms with van der Waals surface area (Å²) in [5, 5.41) is 0.497. The first kappa shape index (κ1) is 15.4. The van der Waals surface area contributed by atoms with Gasteiger partial charge >= 0.3 is 0 Å². The fraction of sp³-hybridized carbons (Fsp3) is 0.231. The summed E-state index contributed by atoms with van der Waals surface area (Å²) in [4.78, 5) is 0.0574. The fourth-order valence-corrected chi connectivity index (χ4v) is 3.29. The van der Waals surface area contributed by atoms with Gasteiger partial charge in [-0.05, 0) is 44.2 Å². The van der Waals surface area contributed by atoms with Crippen molar-refractivity contribution >= 4 is 33.2 Å². The van der Waals surface area contributed by atoms with Gasteiger partial charge in [0.15, 0.2) is 0 Å². The second kappa shape index (κ2) is 5.77. The molecule has 2 rings (SSSR count). The Hall–Kier alpha value is -1.01. The molecular formula is C13H13Cl2NO3S. The summed E-state index contributed by atoms with van der Waals surface area (Å²) in [6.07, 6.45) is 0. The zero-order valence-electron chi connectivity index (χ0n) is 10.9. The van der Waals surface area contributed by atoms with E-state index in [0.29, 0.717) is 10.8 Å². The number of benzene rings is 1. The largest absolute Gasteiger partial charge is 0.465 e. The predicted octanol–water partition coefficient (Wildman–Crippen LogP) is 3.93. The molecule has 1 atom stereocenters. The number of halogens is 2. The summed E-state index contributed by atoms with van der Waals surface area (Å²) in [5.41, 5.74) is 0. The first-order chi connectivity index (χ1) is 9.29. The fourth-order valence-electron chi connectivity index (χ4n) is 1.69. The molecule has 1 N–H and O–H groups in total. The summed E-state index contributed by atoms with van der Waals surface area (Å²) < 4.78 is 32.4. The van der Waals surface area contributed by atoms with Crippen LogP contribution in [0.4, 0.5) is 0 Å². The summed E-state index contributed by atoms with van der Waals surface area (Å²) >= 11 is 11.6. The number of hydrogen-bond acceptors (Lipinski definition) is 3. The van der Waals surface area contributed by atoms with Gasteiger partial charge in [0.1, 0.15) is 11.5 Å². The van der Waals surface area contributed by atoms with Gasteiger partial charge in [0.05, 0.1) is 21.0 Å². The van der Waals surface area contributed by atoms with Gasteiger partial charge < -0.3 is 4.42 Å². The van der Waals surface area contributed by atoms with Crippen molar-refractivity contribution in [3.8, 4) is 0 Å². The molecule has 1 unspecified atom stereocenters. The van der Waals surface area contributed by atoms with Gasteiger partial charge in [-0.25, -0.2) is 13.1 Å². The Labute approximate surface area is 127 Å². The Balaban J connectivity index is 2.24. The van der Waals surface area contributed by atoms with Crippen molar-refractivity contribution in [3.63, 3.8) is 0 Å². The van der Waals surface area contributed by atoms with Gasteiger partial charge in [-0.15, -0.1) is 0 Å². The molecule has 20 heavy (non-hydrogen) atoms. The van der Waals surface area contributed by atoms with E-state index in [1.165, 1.54) is 18.2 Å². The normalized spacial score (nSPS) is 13.4. The highest BCUT2D eigenvalue weighted by molar-refractivity contribution is 7.89. The van der Waals surface area contributed by atoms with Gasteiger partial charge in [0, 0.05) is 0 Å². The van der Waals surface area contributed by atoms with Crippen LogP contribution < -0.4 is 4.72 Å². The van der Waals surface area contributed by atoms with Crippen LogP contribution in [0.1, 0.15) is 24.5 Å². The van der Waals surface area contributed by atoms with E-state index in [-0.39, 0.29) is 9.92 Å². The zero-order valence-corrected chi connectivity index (χ0v) is 13.2. The van der Waals surface area contributed by atoms with E-state index in [1.54, 1.807) is 26.0 Å². The monoisotopic (exact) mass is 333 g/mol. The molecular weight excluding hydrogens is 321 g/mol. The van der Waals surface area contributed by atoms with Crippen molar-refractivity contribution in [1.82, 2.24) is 4.72 Å². The van der Waals surface area contributed by atoms with Gasteiger partial charge in [-0.1, -0.05) is 23.2 Å². The quantitative estimate of drug-likeness (QED) is 0.921. The predicted molar refractivity (Wildman–Crippen MR) is 78.6 cm³/mol. The van der Waals surface area contributed by atoms with E-state index in [0.717, 1.165) is 5.76 Å². The molecule has 0 amide bonds. The second-order valence-electron chi connectivity index (χ2n) is 4.37. The molecule has 0 fully saturated rings. The summed E-state index contributed by atoms with van der Waals surface area (Å²) in [6.45, 7) is 3.50. The minimum atomic E-state index is -3.69. The highest BCUT2D eigenvalue weighted by atomic mass is 35.5. The Bertz CT molecular complexity index is 725. The van der Waals surface area contributed by atoms with Crippen LogP contribution in [-0.4, -0.2) is 8.42 Å². The Morgan fingerprint density at radius 1 is 1.15 bits per heavy atom. The molecule has 0 aliphatic rings. The Morgan fingerprint density at radius 2 is 1.85 bits per heavy atom. The first-order valence-electron chi connectivity index (χ1n) is 5.83. The molecule has 0 saturated heterocycles. The molecule has 4 nitrogen and oxygen atoms in total. The minimum Gasteiger partial charge on any atom is -0.465 e. The maximum absolute atomic E-state index is 12.2. The van der Waals surface area contributed by atoms with Crippen molar-refractivity contribution in [2.45, 2.75) is 24.8 Å². The highest BCUT2D eigenvalue weighted by Gasteiger charge is 2.20. The van der Waals surface area contributed by atoms with Crippen LogP contribution in [0, 0.1) is 6.92 Å². The van der Waals surface area contributed by atoms with Crippen LogP contribution in [0.5, 0.6) is 0 Å². The standard InChI is InChI=1S/C13H13Cl2NO3S/c1-8-3-6-13(19-8)9(2)16-20(17,18)10-4-5-11(14)12(15)7-10/h3-7,9,16H,1-2H3. The third-order valence-electron chi connectivity index (χ3n) is 2.72. The molecule has 1 aromatic heterocycles. The lowest BCUT2D eigenvalue weighted by Gasteiger charge is -2.12. The van der Waals surface area contributed by atoms with Gasteiger partial charge in [-0.3, -0.25) is 0 Å². The number of sulfonamides is 1. The third kappa shape index (κ3) is 3.35. The molecule has 1 heterocycles. The summed E-state index contributed by atoms with van der Waals surface area (Å²) in [7, 11) is -3.69. The topological polar surface area (TPSA) is 59.3 Å². The Kier molecular flexibility index (Phi) is 4.44. The number of furan rings is 1. The van der Waals surface area contributed by atoms with E-state index in [2.05, 4.69) is 4.72 Å². The van der Waals surface area contributed by atoms with E-state index in [4.69, 9.17) is 27.6 Å². The van der Waals surface area contributed by atoms with E-state index < -0.39 is 16.1 Å². The molecule has 2 aromatic rings. The van der Waals surface area contributed by atoms with Crippen molar-refractivity contribution in [3.05, 3.63) is 51.9 Å². The highest BCUT2D eigenvalue weighted by Crippen LogP contribution is 2.26. The molecule has 0 saturated carbocycles. The molecule has 0 radical (unpaired) electrons. The maximum atomic E-state index is 12.2. The molecule has 0 aliphatic heterocycles. The molecule has 0 spiro atoms. The smallest absolute Gasteiger partial charge is 0.241 e. The average Bonchev–Trinajstić information content (AvgIpc) is 2.79. The minimum absolute atomic E-state index is 0.0574. The van der Waals surface area contributed by atoms with Crippen LogP contribution in [0.3, 0.4) is 0 Å². The van der Waals surface area contributed by atoms with E-state index >= 15 is 0 Å². The lowest BCUT2D eigenvalue weighted by atomic mass is 10.3. The number of rotatable bonds is 4. The summed E-state index contributed by atoms with van der Waals surface area (Å²) in [6, 6.07) is 7.18. The SMILES string of the molecule is Cc1ccc(C(C)NS(=O)(=O)c2ccc(Cl)c(Cl)c2)o1. The second-order valence-corrected chi connectivity index (χ2v) is 6.90. The van der Waals surface area contributed by atoms with Crippen LogP contribution in [-0.2, 0) is 10.0 Å². The Morgan fingerprint density at radius 3 is 2.40 bits per heavy atom. The number of aryl methyl sites for hydroxylation is 1. The van der Waals surface area contributed by atoms with Crippen LogP contribution in [0.25, 0.3) is 0 Å². The molecule has 0 aliphatic carbocycles. The van der Waals surface area contributed by atoms with Crippen molar-refractivity contribution < 1.29 is 12.8 Å². The first-order valence-corrected chi connectivity index (χ1v) is 8.07. The third-order valence-corrected chi connectivity index (χ3v) is 5.00. The van der Waals surface area contributed by atoms with Gasteiger partial charge in [0.25, 0.3) is 0 Å². The number of nitrogens with one attached hydrogen (secondary N) is 1. The van der Waals surface area contributed by atoms with Crippen LogP contribution in [0.2, 0.25) is 10.0 Å². The van der Waals surface area contributed by atoms with E-state index in [9.17, 15) is 8.42 Å². The lowest BCUT2D eigenvalue weighted by molar-refractivity contribution is 0.441. The molecule has 108 valence electrons. The zero-order chi connectivity index (χ0) is 14.9. The van der Waals surface area contributed by atoms with Crippen LogP contribution in [0.15, 0.2) is 39.6 Å². The lowest BCUT2D eigenvalue weighted by Crippen LogP contribution is -2.26. The maximum Gasteiger partial charge on any atom is 0.241 e. The molecule has 1 aromatic carbocycles. The van der Waals surface area contributed by atoms with E-state index in [1.807, 2.05) is 0 Å². The molecule has 7 heteroatoms. The summed E-state index contributed by atoms with van der Waals surface area (Å²) in [5.74, 6) is 1.27.